The van der Waals surface area contributed by atoms with Crippen LogP contribution in [-0.2, 0) is 14.3 Å². The third-order valence-corrected chi connectivity index (χ3v) is 4.88. The summed E-state index contributed by atoms with van der Waals surface area (Å²) in [6.07, 6.45) is 31.6. The molecule has 176 valence electrons. The Morgan fingerprint density at radius 1 is 0.844 bits per heavy atom. The molecule has 0 aliphatic carbocycles. The highest BCUT2D eigenvalue weighted by Crippen LogP contribution is 2.19. The average Bonchev–Trinajstić information content (AvgIpc) is 3.15. The second-order valence-corrected chi connectivity index (χ2v) is 7.58. The number of aliphatic hydroxyl groups is 1. The van der Waals surface area contributed by atoms with Gasteiger partial charge in [0, 0.05) is 12.8 Å². The quantitative estimate of drug-likeness (QED) is 0.252. The van der Waals surface area contributed by atoms with Crippen molar-refractivity contribution in [3.05, 3.63) is 72.9 Å². The molecule has 32 heavy (non-hydrogen) atoms. The third-order valence-electron chi connectivity index (χ3n) is 4.88. The van der Waals surface area contributed by atoms with Crippen LogP contribution in [0.5, 0.6) is 0 Å². The highest BCUT2D eigenvalue weighted by atomic mass is 16.5. The summed E-state index contributed by atoms with van der Waals surface area (Å²) in [4.78, 5) is 24.2. The van der Waals surface area contributed by atoms with Gasteiger partial charge in [0.15, 0.2) is 6.23 Å². The van der Waals surface area contributed by atoms with E-state index in [1.54, 1.807) is 0 Å². The number of β-amino-alcohol motifs (C(OH)–C–C–N with tert-alkyl or cyclic N) is 1. The number of ether oxygens (including phenoxy) is 1. The van der Waals surface area contributed by atoms with Crippen molar-refractivity contribution >= 4 is 12.4 Å². The molecule has 0 aromatic heterocycles. The van der Waals surface area contributed by atoms with Gasteiger partial charge in [0.2, 0.25) is 5.91 Å². The molecule has 1 aliphatic heterocycles. The van der Waals surface area contributed by atoms with Crippen LogP contribution in [0.15, 0.2) is 72.9 Å². The van der Waals surface area contributed by atoms with E-state index in [1.807, 2.05) is 12.2 Å². The average molecular weight is 442 g/mol. The maximum atomic E-state index is 12.2. The Balaban J connectivity index is 2.06. The van der Waals surface area contributed by atoms with E-state index >= 15 is 0 Å². The lowest BCUT2D eigenvalue weighted by Crippen LogP contribution is -2.37. The molecule has 1 heterocycles. The lowest BCUT2D eigenvalue weighted by Gasteiger charge is -2.22. The van der Waals surface area contributed by atoms with Crippen molar-refractivity contribution < 1.29 is 19.4 Å². The van der Waals surface area contributed by atoms with Crippen LogP contribution in [0.25, 0.3) is 0 Å². The van der Waals surface area contributed by atoms with Crippen LogP contribution in [0.4, 0.5) is 0 Å². The highest BCUT2D eigenvalue weighted by Gasteiger charge is 2.34. The number of likely N-dealkylation sites (tertiary alicyclic amines) is 1. The molecule has 2 unspecified atom stereocenters. The summed E-state index contributed by atoms with van der Waals surface area (Å²) in [7, 11) is 0. The monoisotopic (exact) mass is 441 g/mol. The molecular weight excluding hydrogens is 402 g/mol. The Bertz CT molecular complexity index is 688. The van der Waals surface area contributed by atoms with Crippen molar-refractivity contribution in [2.24, 2.45) is 0 Å². The molecule has 1 amide bonds. The van der Waals surface area contributed by atoms with Crippen molar-refractivity contribution in [1.82, 2.24) is 4.90 Å². The minimum Gasteiger partial charge on any atom is -0.444 e. The van der Waals surface area contributed by atoms with Gasteiger partial charge in [-0.2, -0.15) is 0 Å². The molecule has 0 aromatic rings. The molecule has 1 aliphatic rings. The lowest BCUT2D eigenvalue weighted by atomic mass is 10.2. The molecule has 0 spiro atoms. The summed E-state index contributed by atoms with van der Waals surface area (Å²) < 4.78 is 4.87. The number of amides is 1. The fraction of sp³-hybridized carbons (Fsp3) is 0.481. The van der Waals surface area contributed by atoms with E-state index in [4.69, 9.17) is 4.74 Å². The minimum absolute atomic E-state index is 0.104. The number of carbonyl (C=O) groups is 2. The van der Waals surface area contributed by atoms with Gasteiger partial charge >= 0.3 is 0 Å². The summed E-state index contributed by atoms with van der Waals surface area (Å²) >= 11 is 0. The molecule has 5 nitrogen and oxygen atoms in total. The minimum atomic E-state index is -0.639. The van der Waals surface area contributed by atoms with Gasteiger partial charge in [-0.3, -0.25) is 9.59 Å². The Morgan fingerprint density at radius 2 is 1.31 bits per heavy atom. The maximum Gasteiger partial charge on any atom is 0.295 e. The second kappa shape index (κ2) is 19.1. The molecule has 1 rings (SSSR count). The van der Waals surface area contributed by atoms with Gasteiger partial charge in [0.05, 0.1) is 12.6 Å². The summed E-state index contributed by atoms with van der Waals surface area (Å²) in [5, 5.41) is 9.66. The zero-order valence-electron chi connectivity index (χ0n) is 19.4. The molecule has 1 N–H and O–H groups in total. The molecule has 1 fully saturated rings. The van der Waals surface area contributed by atoms with Crippen LogP contribution < -0.4 is 0 Å². The zero-order valence-corrected chi connectivity index (χ0v) is 19.4. The largest absolute Gasteiger partial charge is 0.444 e. The molecular formula is C27H39NO4. The van der Waals surface area contributed by atoms with Crippen molar-refractivity contribution in [2.45, 2.75) is 77.0 Å². The normalized spacial score (nSPS) is 19.8. The standard InChI is InChI=1S/C27H39NO4/c1-2-3-4-5-6-7-8-9-10-11-12-13-14-15-16-17-18-19-20-21-26(31)28-23-25(30)22-27(28)32-24-29/h3-4,6-7,9-10,12-13,15-16,18-19,24-25,27,30H,2,5,8,11,14,17,20-23H2,1H3/b4-3+,7-6+,10-9+,13-12-,16-15+,19-18+. The van der Waals surface area contributed by atoms with Gasteiger partial charge in [0.25, 0.3) is 6.47 Å². The predicted molar refractivity (Wildman–Crippen MR) is 131 cm³/mol. The molecule has 5 heteroatoms. The van der Waals surface area contributed by atoms with E-state index in [0.29, 0.717) is 19.3 Å². The fourth-order valence-corrected chi connectivity index (χ4v) is 3.22. The van der Waals surface area contributed by atoms with Gasteiger partial charge in [-0.25, -0.2) is 0 Å². The fourth-order valence-electron chi connectivity index (χ4n) is 3.22. The number of aliphatic hydroxyl groups excluding tert-OH is 1. The van der Waals surface area contributed by atoms with Crippen LogP contribution in [0.3, 0.4) is 0 Å². The molecule has 1 saturated heterocycles. The first-order valence-electron chi connectivity index (χ1n) is 11.7. The van der Waals surface area contributed by atoms with Crippen molar-refractivity contribution in [3.8, 4) is 0 Å². The number of nitrogens with zero attached hydrogens (tertiary/aromatic N) is 1. The van der Waals surface area contributed by atoms with Crippen molar-refractivity contribution in [2.75, 3.05) is 6.54 Å². The summed E-state index contributed by atoms with van der Waals surface area (Å²) in [5.41, 5.74) is 0. The third kappa shape index (κ3) is 13.6. The predicted octanol–water partition coefficient (Wildman–Crippen LogP) is 5.56. The van der Waals surface area contributed by atoms with Gasteiger partial charge in [-0.05, 0) is 44.9 Å². The van der Waals surface area contributed by atoms with E-state index in [2.05, 4.69) is 67.7 Å². The number of hydrogen-bond donors (Lipinski definition) is 1. The number of rotatable bonds is 16. The second-order valence-electron chi connectivity index (χ2n) is 7.58. The van der Waals surface area contributed by atoms with E-state index < -0.39 is 12.3 Å². The first-order valence-corrected chi connectivity index (χ1v) is 11.7. The van der Waals surface area contributed by atoms with Gasteiger partial charge < -0.3 is 14.7 Å². The van der Waals surface area contributed by atoms with Crippen LogP contribution in [0.1, 0.15) is 64.7 Å². The molecule has 0 radical (unpaired) electrons. The lowest BCUT2D eigenvalue weighted by molar-refractivity contribution is -0.150. The van der Waals surface area contributed by atoms with Gasteiger partial charge in [-0.15, -0.1) is 0 Å². The first-order chi connectivity index (χ1) is 15.7. The van der Waals surface area contributed by atoms with Crippen molar-refractivity contribution in [3.63, 3.8) is 0 Å². The highest BCUT2D eigenvalue weighted by molar-refractivity contribution is 5.77. The van der Waals surface area contributed by atoms with E-state index in [1.165, 1.54) is 4.90 Å². The van der Waals surface area contributed by atoms with E-state index in [0.717, 1.165) is 38.5 Å². The van der Waals surface area contributed by atoms with E-state index in [-0.39, 0.29) is 18.9 Å². The van der Waals surface area contributed by atoms with Crippen LogP contribution in [0.2, 0.25) is 0 Å². The zero-order chi connectivity index (χ0) is 23.3. The maximum absolute atomic E-state index is 12.2. The van der Waals surface area contributed by atoms with Gasteiger partial charge in [-0.1, -0.05) is 79.8 Å². The smallest absolute Gasteiger partial charge is 0.295 e. The van der Waals surface area contributed by atoms with Gasteiger partial charge in [0.1, 0.15) is 0 Å². The summed E-state index contributed by atoms with van der Waals surface area (Å²) in [6.45, 7) is 2.69. The Morgan fingerprint density at radius 3 is 1.78 bits per heavy atom. The molecule has 0 saturated carbocycles. The summed E-state index contributed by atoms with van der Waals surface area (Å²) in [6, 6.07) is 0. The number of hydrogen-bond acceptors (Lipinski definition) is 4. The number of carbonyl (C=O) groups excluding carboxylic acids is 2. The Hall–Kier alpha value is -2.66. The van der Waals surface area contributed by atoms with Crippen LogP contribution in [0, 0.1) is 0 Å². The van der Waals surface area contributed by atoms with Crippen molar-refractivity contribution in [1.29, 1.82) is 0 Å². The SMILES string of the molecule is CC/C=C/C/C=C/C/C=C/C/C=C\C/C=C/C/C=C/CCC(=O)N1CC(O)CC1OC=O. The molecule has 0 bridgehead atoms. The topological polar surface area (TPSA) is 66.8 Å². The summed E-state index contributed by atoms with van der Waals surface area (Å²) in [5.74, 6) is -0.104. The van der Waals surface area contributed by atoms with Crippen LogP contribution in [-0.4, -0.2) is 41.3 Å². The van der Waals surface area contributed by atoms with E-state index in [9.17, 15) is 14.7 Å². The van der Waals surface area contributed by atoms with Crippen LogP contribution >= 0.6 is 0 Å². The molecule has 2 atom stereocenters. The Labute approximate surface area is 193 Å². The first kappa shape index (κ1) is 27.4. The molecule has 0 aromatic carbocycles. The number of allylic oxidation sites excluding steroid dienone is 12. The Kier molecular flexibility index (Phi) is 16.3.